The highest BCUT2D eigenvalue weighted by atomic mass is 79.9. The van der Waals surface area contributed by atoms with Crippen LogP contribution >= 0.6 is 27.7 Å². The standard InChI is InChI=1S/C26H23BrFN3O4S/c1-4-35-20-8-6-19(7-9-20)29-24(32)14-30-25(33)23(36-26(30)34)12-17-11-15(2)31(16(17)3)22-10-5-18(27)13-21(22)28/h5-13H,4,14H2,1-3H3,(H,29,32)/b23-12+. The van der Waals surface area contributed by atoms with Crippen LogP contribution < -0.4 is 10.1 Å². The number of imide groups is 1. The smallest absolute Gasteiger partial charge is 0.294 e. The fourth-order valence-electron chi connectivity index (χ4n) is 3.89. The van der Waals surface area contributed by atoms with E-state index in [9.17, 15) is 18.8 Å². The summed E-state index contributed by atoms with van der Waals surface area (Å²) in [4.78, 5) is 39.1. The highest BCUT2D eigenvalue weighted by molar-refractivity contribution is 9.10. The van der Waals surface area contributed by atoms with Crippen LogP contribution in [-0.4, -0.2) is 39.7 Å². The van der Waals surface area contributed by atoms with Crippen molar-refractivity contribution in [3.63, 3.8) is 0 Å². The quantitative estimate of drug-likeness (QED) is 0.348. The molecule has 0 radical (unpaired) electrons. The van der Waals surface area contributed by atoms with E-state index in [-0.39, 0.29) is 4.91 Å². The van der Waals surface area contributed by atoms with E-state index in [2.05, 4.69) is 21.2 Å². The Bertz CT molecular complexity index is 1380. The molecular weight excluding hydrogens is 549 g/mol. The molecular formula is C26H23BrFN3O4S. The summed E-state index contributed by atoms with van der Waals surface area (Å²) in [5.74, 6) is -0.761. The van der Waals surface area contributed by atoms with Crippen LogP contribution in [-0.2, 0) is 9.59 Å². The second-order valence-corrected chi connectivity index (χ2v) is 9.94. The van der Waals surface area contributed by atoms with Gasteiger partial charge in [-0.2, -0.15) is 0 Å². The summed E-state index contributed by atoms with van der Waals surface area (Å²) in [6.45, 7) is 5.65. The van der Waals surface area contributed by atoms with Crippen molar-refractivity contribution in [2.75, 3.05) is 18.5 Å². The van der Waals surface area contributed by atoms with Crippen LogP contribution in [0.25, 0.3) is 11.8 Å². The third kappa shape index (κ3) is 5.39. The Balaban J connectivity index is 1.50. The van der Waals surface area contributed by atoms with Gasteiger partial charge in [-0.3, -0.25) is 19.3 Å². The summed E-state index contributed by atoms with van der Waals surface area (Å²) < 4.78 is 22.3. The van der Waals surface area contributed by atoms with E-state index in [0.717, 1.165) is 22.4 Å². The van der Waals surface area contributed by atoms with E-state index in [0.29, 0.717) is 39.5 Å². The number of aryl methyl sites for hydroxylation is 1. The first-order chi connectivity index (χ1) is 17.2. The van der Waals surface area contributed by atoms with Crippen LogP contribution in [0.15, 0.2) is 57.9 Å². The van der Waals surface area contributed by atoms with Gasteiger partial charge in [-0.1, -0.05) is 15.9 Å². The van der Waals surface area contributed by atoms with Crippen molar-refractivity contribution in [1.29, 1.82) is 0 Å². The lowest BCUT2D eigenvalue weighted by Gasteiger charge is -2.13. The molecule has 10 heteroatoms. The molecule has 36 heavy (non-hydrogen) atoms. The molecule has 0 unspecified atom stereocenters. The van der Waals surface area contributed by atoms with Gasteiger partial charge in [-0.05, 0) is 92.7 Å². The molecule has 0 bridgehead atoms. The molecule has 186 valence electrons. The molecule has 4 rings (SSSR count). The van der Waals surface area contributed by atoms with E-state index < -0.39 is 29.4 Å². The third-order valence-corrected chi connectivity index (χ3v) is 6.93. The van der Waals surface area contributed by atoms with Crippen molar-refractivity contribution in [3.05, 3.63) is 80.7 Å². The average Bonchev–Trinajstić information content (AvgIpc) is 3.25. The lowest BCUT2D eigenvalue weighted by Crippen LogP contribution is -2.36. The second-order valence-electron chi connectivity index (χ2n) is 8.03. The maximum absolute atomic E-state index is 14.6. The Morgan fingerprint density at radius 1 is 1.14 bits per heavy atom. The van der Waals surface area contributed by atoms with Gasteiger partial charge in [0.1, 0.15) is 18.1 Å². The zero-order valence-electron chi connectivity index (χ0n) is 19.8. The minimum absolute atomic E-state index is 0.199. The molecule has 0 spiro atoms. The number of aromatic nitrogens is 1. The van der Waals surface area contributed by atoms with Crippen molar-refractivity contribution < 1.29 is 23.5 Å². The van der Waals surface area contributed by atoms with Crippen LogP contribution in [0.4, 0.5) is 14.9 Å². The molecule has 3 amide bonds. The predicted molar refractivity (Wildman–Crippen MR) is 142 cm³/mol. The minimum atomic E-state index is -0.550. The SMILES string of the molecule is CCOc1ccc(NC(=O)CN2C(=O)S/C(=C/c3cc(C)n(-c4ccc(Br)cc4F)c3C)C2=O)cc1. The highest BCUT2D eigenvalue weighted by Gasteiger charge is 2.36. The van der Waals surface area contributed by atoms with E-state index in [4.69, 9.17) is 4.74 Å². The number of amides is 3. The van der Waals surface area contributed by atoms with E-state index in [1.165, 1.54) is 6.07 Å². The van der Waals surface area contributed by atoms with Gasteiger partial charge in [0.05, 0.1) is 17.2 Å². The topological polar surface area (TPSA) is 80.6 Å². The molecule has 0 saturated carbocycles. The Kier molecular flexibility index (Phi) is 7.65. The normalized spacial score (nSPS) is 14.6. The summed E-state index contributed by atoms with van der Waals surface area (Å²) in [7, 11) is 0. The van der Waals surface area contributed by atoms with Crippen molar-refractivity contribution in [3.8, 4) is 11.4 Å². The monoisotopic (exact) mass is 571 g/mol. The Morgan fingerprint density at radius 2 is 1.86 bits per heavy atom. The molecule has 2 aromatic carbocycles. The number of carbonyl (C=O) groups is 3. The molecule has 1 N–H and O–H groups in total. The Hall–Kier alpha value is -3.37. The van der Waals surface area contributed by atoms with Crippen LogP contribution in [0.2, 0.25) is 0 Å². The second kappa shape index (κ2) is 10.7. The average molecular weight is 572 g/mol. The summed E-state index contributed by atoms with van der Waals surface area (Å²) in [5, 5.41) is 2.15. The number of nitrogens with one attached hydrogen (secondary N) is 1. The number of halogens is 2. The number of benzene rings is 2. The molecule has 0 aliphatic carbocycles. The lowest BCUT2D eigenvalue weighted by atomic mass is 10.2. The van der Waals surface area contributed by atoms with Crippen molar-refractivity contribution >= 4 is 56.5 Å². The molecule has 7 nitrogen and oxygen atoms in total. The van der Waals surface area contributed by atoms with Gasteiger partial charge in [-0.25, -0.2) is 4.39 Å². The largest absolute Gasteiger partial charge is 0.494 e. The first-order valence-electron chi connectivity index (χ1n) is 11.1. The van der Waals surface area contributed by atoms with Crippen LogP contribution in [0, 0.1) is 19.7 Å². The number of carbonyl (C=O) groups excluding carboxylic acids is 3. The first kappa shape index (κ1) is 25.7. The van der Waals surface area contributed by atoms with E-state index in [1.54, 1.807) is 47.0 Å². The molecule has 0 atom stereocenters. The van der Waals surface area contributed by atoms with E-state index in [1.807, 2.05) is 26.8 Å². The third-order valence-electron chi connectivity index (χ3n) is 5.53. The highest BCUT2D eigenvalue weighted by Crippen LogP contribution is 2.34. The predicted octanol–water partition coefficient (Wildman–Crippen LogP) is 6.07. The van der Waals surface area contributed by atoms with Gasteiger partial charge in [0.2, 0.25) is 5.91 Å². The number of nitrogens with zero attached hydrogens (tertiary/aromatic N) is 2. The first-order valence-corrected chi connectivity index (χ1v) is 12.7. The molecule has 1 aromatic heterocycles. The maximum Gasteiger partial charge on any atom is 0.294 e. The molecule has 2 heterocycles. The van der Waals surface area contributed by atoms with E-state index >= 15 is 0 Å². The molecule has 1 aliphatic heterocycles. The molecule has 1 fully saturated rings. The fourth-order valence-corrected chi connectivity index (χ4v) is 5.05. The lowest BCUT2D eigenvalue weighted by molar-refractivity contribution is -0.127. The molecule has 1 aliphatic rings. The van der Waals surface area contributed by atoms with Gasteiger partial charge in [0, 0.05) is 21.5 Å². The Labute approximate surface area is 220 Å². The number of hydrogen-bond acceptors (Lipinski definition) is 5. The van der Waals surface area contributed by atoms with Gasteiger partial charge in [0.25, 0.3) is 11.1 Å². The molecule has 3 aromatic rings. The van der Waals surface area contributed by atoms with Crippen LogP contribution in [0.5, 0.6) is 5.75 Å². The number of hydrogen-bond donors (Lipinski definition) is 1. The summed E-state index contributed by atoms with van der Waals surface area (Å²) in [6.07, 6.45) is 1.60. The van der Waals surface area contributed by atoms with Gasteiger partial charge in [0.15, 0.2) is 0 Å². The number of thioether (sulfide) groups is 1. The summed E-state index contributed by atoms with van der Waals surface area (Å²) >= 11 is 4.03. The maximum atomic E-state index is 14.6. The summed E-state index contributed by atoms with van der Waals surface area (Å²) in [6, 6.07) is 13.4. The van der Waals surface area contributed by atoms with Crippen LogP contribution in [0.1, 0.15) is 23.9 Å². The van der Waals surface area contributed by atoms with Crippen LogP contribution in [0.3, 0.4) is 0 Å². The van der Waals surface area contributed by atoms with Crippen molar-refractivity contribution in [1.82, 2.24) is 9.47 Å². The van der Waals surface area contributed by atoms with Crippen molar-refractivity contribution in [2.45, 2.75) is 20.8 Å². The van der Waals surface area contributed by atoms with Crippen molar-refractivity contribution in [2.24, 2.45) is 0 Å². The number of rotatable bonds is 7. The fraction of sp³-hybridized carbons (Fsp3) is 0.192. The van der Waals surface area contributed by atoms with Gasteiger partial charge >= 0.3 is 0 Å². The Morgan fingerprint density at radius 3 is 2.53 bits per heavy atom. The van der Waals surface area contributed by atoms with Gasteiger partial charge < -0.3 is 14.6 Å². The minimum Gasteiger partial charge on any atom is -0.494 e. The zero-order valence-corrected chi connectivity index (χ0v) is 22.2. The number of ether oxygens (including phenoxy) is 1. The summed E-state index contributed by atoms with van der Waals surface area (Å²) in [5.41, 5.74) is 3.08. The zero-order chi connectivity index (χ0) is 26.0. The number of anilines is 1. The molecule has 1 saturated heterocycles. The van der Waals surface area contributed by atoms with Gasteiger partial charge in [-0.15, -0.1) is 0 Å².